The largest absolute Gasteiger partial charge is 0.489 e. The third-order valence-corrected chi connectivity index (χ3v) is 2.58. The molecule has 3 heteroatoms. The highest BCUT2D eigenvalue weighted by Gasteiger charge is 2.00. The van der Waals surface area contributed by atoms with Crippen molar-refractivity contribution in [2.45, 2.75) is 13.3 Å². The molecule has 1 rings (SSSR count). The summed E-state index contributed by atoms with van der Waals surface area (Å²) in [7, 11) is 4.04. The maximum absolute atomic E-state index is 5.72. The molecule has 100 valence electrons. The second-order valence-corrected chi connectivity index (χ2v) is 4.61. The van der Waals surface area contributed by atoms with Crippen LogP contribution >= 0.6 is 0 Å². The third-order valence-electron chi connectivity index (χ3n) is 2.58. The first-order chi connectivity index (χ1) is 8.63. The number of hydrogen-bond acceptors (Lipinski definition) is 3. The Kier molecular flexibility index (Phi) is 6.29. The lowest BCUT2D eigenvalue weighted by Crippen LogP contribution is -2.20. The second-order valence-electron chi connectivity index (χ2n) is 4.61. The number of hydrogen-bond donors (Lipinski definition) is 1. The van der Waals surface area contributed by atoms with E-state index in [4.69, 9.17) is 4.74 Å². The lowest BCUT2D eigenvalue weighted by molar-refractivity contribution is 0.348. The molecule has 0 amide bonds. The van der Waals surface area contributed by atoms with E-state index in [-0.39, 0.29) is 0 Å². The molecule has 0 radical (unpaired) electrons. The zero-order chi connectivity index (χ0) is 13.4. The zero-order valence-corrected chi connectivity index (χ0v) is 11.7. The minimum Gasteiger partial charge on any atom is -0.489 e. The predicted molar refractivity (Wildman–Crippen MR) is 78.6 cm³/mol. The number of benzene rings is 1. The number of nitrogens with one attached hydrogen (secondary N) is 1. The van der Waals surface area contributed by atoms with Gasteiger partial charge in [0.25, 0.3) is 0 Å². The van der Waals surface area contributed by atoms with Crippen LogP contribution in [-0.2, 0) is 0 Å². The molecule has 1 N–H and O–H groups in total. The number of anilines is 1. The van der Waals surface area contributed by atoms with Gasteiger partial charge >= 0.3 is 0 Å². The molecule has 18 heavy (non-hydrogen) atoms. The van der Waals surface area contributed by atoms with Crippen molar-refractivity contribution in [3.63, 3.8) is 0 Å². The number of rotatable bonds is 8. The molecule has 0 atom stereocenters. The van der Waals surface area contributed by atoms with Gasteiger partial charge < -0.3 is 15.0 Å². The smallest absolute Gasteiger partial charge is 0.121 e. The third kappa shape index (κ3) is 5.23. The van der Waals surface area contributed by atoms with Crippen LogP contribution in [0.25, 0.3) is 0 Å². The SMILES string of the molecule is C=C(CNCCC)COc1cccc(N(C)C)c1. The summed E-state index contributed by atoms with van der Waals surface area (Å²) in [5.74, 6) is 0.887. The van der Waals surface area contributed by atoms with Crippen molar-refractivity contribution in [2.24, 2.45) is 0 Å². The van der Waals surface area contributed by atoms with E-state index in [1.165, 1.54) is 0 Å². The van der Waals surface area contributed by atoms with Crippen molar-refractivity contribution in [3.8, 4) is 5.75 Å². The van der Waals surface area contributed by atoms with E-state index < -0.39 is 0 Å². The molecular formula is C15H24N2O. The van der Waals surface area contributed by atoms with Gasteiger partial charge in [0, 0.05) is 32.4 Å². The van der Waals surface area contributed by atoms with E-state index in [1.54, 1.807) is 0 Å². The average Bonchev–Trinajstić information content (AvgIpc) is 2.37. The molecule has 0 aliphatic rings. The minimum atomic E-state index is 0.563. The topological polar surface area (TPSA) is 24.5 Å². The molecule has 0 saturated carbocycles. The van der Waals surface area contributed by atoms with Gasteiger partial charge in [-0.15, -0.1) is 0 Å². The van der Waals surface area contributed by atoms with Crippen LogP contribution in [0.5, 0.6) is 5.75 Å². The maximum Gasteiger partial charge on any atom is 0.121 e. The average molecular weight is 248 g/mol. The van der Waals surface area contributed by atoms with E-state index in [9.17, 15) is 0 Å². The normalized spacial score (nSPS) is 10.2. The van der Waals surface area contributed by atoms with Crippen LogP contribution in [0, 0.1) is 0 Å². The van der Waals surface area contributed by atoms with Crippen LogP contribution in [0.1, 0.15) is 13.3 Å². The Bertz CT molecular complexity index is 375. The molecule has 1 aromatic rings. The summed E-state index contributed by atoms with van der Waals surface area (Å²) in [4.78, 5) is 2.06. The fourth-order valence-electron chi connectivity index (χ4n) is 1.53. The van der Waals surface area contributed by atoms with Crippen LogP contribution in [-0.4, -0.2) is 33.8 Å². The van der Waals surface area contributed by atoms with Gasteiger partial charge in [-0.05, 0) is 30.7 Å². The number of ether oxygens (including phenoxy) is 1. The molecule has 0 heterocycles. The van der Waals surface area contributed by atoms with Crippen molar-refractivity contribution in [3.05, 3.63) is 36.4 Å². The lowest BCUT2D eigenvalue weighted by atomic mass is 10.3. The number of nitrogens with zero attached hydrogens (tertiary/aromatic N) is 1. The highest BCUT2D eigenvalue weighted by atomic mass is 16.5. The fraction of sp³-hybridized carbons (Fsp3) is 0.467. The van der Waals surface area contributed by atoms with E-state index in [0.717, 1.165) is 36.5 Å². The molecule has 0 aliphatic carbocycles. The Morgan fingerprint density at radius 3 is 2.83 bits per heavy atom. The molecule has 0 bridgehead atoms. The molecule has 0 aliphatic heterocycles. The first-order valence-corrected chi connectivity index (χ1v) is 6.41. The van der Waals surface area contributed by atoms with Gasteiger partial charge in [0.2, 0.25) is 0 Å². The van der Waals surface area contributed by atoms with E-state index in [1.807, 2.05) is 32.3 Å². The summed E-state index contributed by atoms with van der Waals surface area (Å²) in [5, 5.41) is 3.31. The van der Waals surface area contributed by atoms with E-state index in [2.05, 4.69) is 29.8 Å². The zero-order valence-electron chi connectivity index (χ0n) is 11.7. The minimum absolute atomic E-state index is 0.563. The predicted octanol–water partition coefficient (Wildman–Crippen LogP) is 2.69. The van der Waals surface area contributed by atoms with E-state index in [0.29, 0.717) is 6.61 Å². The first kappa shape index (κ1) is 14.6. The van der Waals surface area contributed by atoms with Crippen molar-refractivity contribution >= 4 is 5.69 Å². The van der Waals surface area contributed by atoms with Gasteiger partial charge in [-0.1, -0.05) is 19.6 Å². The Balaban J connectivity index is 2.38. The quantitative estimate of drug-likeness (QED) is 0.565. The van der Waals surface area contributed by atoms with E-state index >= 15 is 0 Å². The van der Waals surface area contributed by atoms with Crippen LogP contribution < -0.4 is 15.0 Å². The summed E-state index contributed by atoms with van der Waals surface area (Å²) in [6, 6.07) is 8.07. The molecule has 0 unspecified atom stereocenters. The van der Waals surface area contributed by atoms with Crippen LogP contribution in [0.2, 0.25) is 0 Å². The van der Waals surface area contributed by atoms with Crippen molar-refractivity contribution in [1.29, 1.82) is 0 Å². The molecule has 0 spiro atoms. The van der Waals surface area contributed by atoms with Gasteiger partial charge in [0.05, 0.1) is 0 Å². The van der Waals surface area contributed by atoms with Crippen LogP contribution in [0.15, 0.2) is 36.4 Å². The van der Waals surface area contributed by atoms with Crippen molar-refractivity contribution in [1.82, 2.24) is 5.32 Å². The Morgan fingerprint density at radius 2 is 2.17 bits per heavy atom. The van der Waals surface area contributed by atoms with Crippen molar-refractivity contribution < 1.29 is 4.74 Å². The molecule has 0 fully saturated rings. The molecule has 1 aromatic carbocycles. The Morgan fingerprint density at radius 1 is 1.39 bits per heavy atom. The lowest BCUT2D eigenvalue weighted by Gasteiger charge is -2.14. The summed E-state index contributed by atoms with van der Waals surface area (Å²) in [5.41, 5.74) is 2.21. The fourth-order valence-corrected chi connectivity index (χ4v) is 1.53. The highest BCUT2D eigenvalue weighted by molar-refractivity contribution is 5.49. The Labute approximate surface area is 110 Å². The van der Waals surface area contributed by atoms with Crippen LogP contribution in [0.3, 0.4) is 0 Å². The summed E-state index contributed by atoms with van der Waals surface area (Å²) < 4.78 is 5.72. The molecule has 0 saturated heterocycles. The standard InChI is InChI=1S/C15H24N2O/c1-5-9-16-11-13(2)12-18-15-8-6-7-14(10-15)17(3)4/h6-8,10,16H,2,5,9,11-12H2,1,3-4H3. The summed E-state index contributed by atoms with van der Waals surface area (Å²) in [6.07, 6.45) is 1.14. The van der Waals surface area contributed by atoms with Crippen LogP contribution in [0.4, 0.5) is 5.69 Å². The second kappa shape index (κ2) is 7.77. The maximum atomic E-state index is 5.72. The molecule has 3 nitrogen and oxygen atoms in total. The van der Waals surface area contributed by atoms with Gasteiger partial charge in [-0.25, -0.2) is 0 Å². The molecule has 0 aromatic heterocycles. The van der Waals surface area contributed by atoms with Gasteiger partial charge in [0.1, 0.15) is 12.4 Å². The van der Waals surface area contributed by atoms with Gasteiger partial charge in [-0.3, -0.25) is 0 Å². The van der Waals surface area contributed by atoms with Gasteiger partial charge in [0.15, 0.2) is 0 Å². The summed E-state index contributed by atoms with van der Waals surface area (Å²) >= 11 is 0. The molecular weight excluding hydrogens is 224 g/mol. The Hall–Kier alpha value is -1.48. The van der Waals surface area contributed by atoms with Crippen molar-refractivity contribution in [2.75, 3.05) is 38.7 Å². The monoisotopic (exact) mass is 248 g/mol. The first-order valence-electron chi connectivity index (χ1n) is 6.41. The van der Waals surface area contributed by atoms with Gasteiger partial charge in [-0.2, -0.15) is 0 Å². The summed E-state index contributed by atoms with van der Waals surface area (Å²) in [6.45, 7) is 8.56. The highest BCUT2D eigenvalue weighted by Crippen LogP contribution is 2.19.